The highest BCUT2D eigenvalue weighted by molar-refractivity contribution is 5.95. The molecule has 0 bridgehead atoms. The maximum Gasteiger partial charge on any atom is 0.353 e. The van der Waals surface area contributed by atoms with Crippen molar-refractivity contribution in [2.45, 2.75) is 12.5 Å². The number of para-hydroxylation sites is 1. The Labute approximate surface area is 115 Å². The Balaban J connectivity index is 1.76. The van der Waals surface area contributed by atoms with E-state index in [-0.39, 0.29) is 0 Å². The number of rotatable bonds is 2. The van der Waals surface area contributed by atoms with E-state index in [1.54, 1.807) is 36.4 Å². The first-order chi connectivity index (χ1) is 9.74. The van der Waals surface area contributed by atoms with E-state index < -0.39 is 18.0 Å². The van der Waals surface area contributed by atoms with Gasteiger partial charge in [-0.3, -0.25) is 0 Å². The Morgan fingerprint density at radius 1 is 1.05 bits per heavy atom. The Kier molecular flexibility index (Phi) is 3.21. The van der Waals surface area contributed by atoms with Gasteiger partial charge in [-0.05, 0) is 23.8 Å². The predicted octanol–water partition coefficient (Wildman–Crippen LogP) is 2.37. The summed E-state index contributed by atoms with van der Waals surface area (Å²) in [7, 11) is 0. The average Bonchev–Trinajstić information content (AvgIpc) is 2.48. The number of ether oxygens (including phenoxy) is 2. The van der Waals surface area contributed by atoms with Crippen molar-refractivity contribution in [1.29, 1.82) is 0 Å². The number of carbonyl (C=O) groups is 2. The molecule has 1 atom stereocenters. The van der Waals surface area contributed by atoms with E-state index in [1.807, 2.05) is 18.2 Å². The van der Waals surface area contributed by atoms with E-state index in [9.17, 15) is 9.59 Å². The minimum atomic E-state index is -0.891. The molecule has 0 N–H and O–H groups in total. The Hall–Kier alpha value is -2.62. The van der Waals surface area contributed by atoms with Crippen molar-refractivity contribution in [3.63, 3.8) is 0 Å². The van der Waals surface area contributed by atoms with E-state index in [4.69, 9.17) is 9.47 Å². The van der Waals surface area contributed by atoms with E-state index >= 15 is 0 Å². The summed E-state index contributed by atoms with van der Waals surface area (Å²) in [6.07, 6.45) is -0.550. The molecular formula is C16H12O4. The van der Waals surface area contributed by atoms with Crippen LogP contribution >= 0.6 is 0 Å². The zero-order valence-corrected chi connectivity index (χ0v) is 10.6. The van der Waals surface area contributed by atoms with Gasteiger partial charge >= 0.3 is 11.9 Å². The maximum atomic E-state index is 12.0. The molecule has 4 nitrogen and oxygen atoms in total. The van der Waals surface area contributed by atoms with Crippen LogP contribution in [0.25, 0.3) is 0 Å². The molecule has 100 valence electrons. The molecular weight excluding hydrogens is 256 g/mol. The molecule has 0 saturated carbocycles. The lowest BCUT2D eigenvalue weighted by molar-refractivity contribution is -0.144. The van der Waals surface area contributed by atoms with E-state index in [2.05, 4.69) is 0 Å². The SMILES string of the molecule is O=C1O[C@@H](C(=O)Oc2ccccc2)Cc2ccccc21. The Bertz CT molecular complexity index is 649. The summed E-state index contributed by atoms with van der Waals surface area (Å²) in [5, 5.41) is 0. The Morgan fingerprint density at radius 2 is 1.75 bits per heavy atom. The minimum absolute atomic E-state index is 0.341. The molecule has 0 spiro atoms. The highest BCUT2D eigenvalue weighted by Gasteiger charge is 2.32. The summed E-state index contributed by atoms with van der Waals surface area (Å²) in [5.41, 5.74) is 1.31. The summed E-state index contributed by atoms with van der Waals surface area (Å²) in [5.74, 6) is -0.603. The van der Waals surface area contributed by atoms with Gasteiger partial charge in [-0.1, -0.05) is 36.4 Å². The number of hydrogen-bond donors (Lipinski definition) is 0. The van der Waals surface area contributed by atoms with Gasteiger partial charge < -0.3 is 9.47 Å². The van der Waals surface area contributed by atoms with Gasteiger partial charge in [-0.25, -0.2) is 9.59 Å². The molecule has 0 fully saturated rings. The van der Waals surface area contributed by atoms with Gasteiger partial charge in [0.1, 0.15) is 5.75 Å². The third-order valence-electron chi connectivity index (χ3n) is 3.12. The van der Waals surface area contributed by atoms with Crippen LogP contribution in [0.1, 0.15) is 15.9 Å². The number of esters is 2. The second kappa shape index (κ2) is 5.17. The van der Waals surface area contributed by atoms with Crippen molar-refractivity contribution >= 4 is 11.9 Å². The summed E-state index contributed by atoms with van der Waals surface area (Å²) in [4.78, 5) is 23.8. The highest BCUT2D eigenvalue weighted by Crippen LogP contribution is 2.22. The van der Waals surface area contributed by atoms with Gasteiger partial charge in [0.25, 0.3) is 0 Å². The molecule has 1 aliphatic rings. The molecule has 1 heterocycles. The molecule has 20 heavy (non-hydrogen) atoms. The molecule has 2 aromatic rings. The van der Waals surface area contributed by atoms with E-state index in [1.165, 1.54) is 0 Å². The van der Waals surface area contributed by atoms with Gasteiger partial charge in [0.05, 0.1) is 5.56 Å². The highest BCUT2D eigenvalue weighted by atomic mass is 16.6. The summed E-state index contributed by atoms with van der Waals surface area (Å²) in [6.45, 7) is 0. The molecule has 1 aliphatic heterocycles. The summed E-state index contributed by atoms with van der Waals surface area (Å²) < 4.78 is 10.3. The van der Waals surface area contributed by atoms with Crippen LogP contribution in [0.4, 0.5) is 0 Å². The average molecular weight is 268 g/mol. The molecule has 0 saturated heterocycles. The number of hydrogen-bond acceptors (Lipinski definition) is 4. The van der Waals surface area contributed by atoms with Gasteiger partial charge in [-0.2, -0.15) is 0 Å². The first kappa shape index (κ1) is 12.4. The molecule has 4 heteroatoms. The molecule has 0 aromatic heterocycles. The molecule has 0 unspecified atom stereocenters. The smallest absolute Gasteiger partial charge is 0.353 e. The molecule has 0 amide bonds. The third-order valence-corrected chi connectivity index (χ3v) is 3.12. The zero-order valence-electron chi connectivity index (χ0n) is 10.6. The molecule has 0 aliphatic carbocycles. The maximum absolute atomic E-state index is 12.0. The predicted molar refractivity (Wildman–Crippen MR) is 71.4 cm³/mol. The first-order valence-corrected chi connectivity index (χ1v) is 6.29. The summed E-state index contributed by atoms with van der Waals surface area (Å²) >= 11 is 0. The van der Waals surface area contributed by atoms with Crippen LogP contribution in [0.3, 0.4) is 0 Å². The zero-order chi connectivity index (χ0) is 13.9. The lowest BCUT2D eigenvalue weighted by Crippen LogP contribution is -2.36. The fourth-order valence-electron chi connectivity index (χ4n) is 2.13. The van der Waals surface area contributed by atoms with E-state index in [0.29, 0.717) is 17.7 Å². The van der Waals surface area contributed by atoms with Crippen molar-refractivity contribution in [2.24, 2.45) is 0 Å². The number of benzene rings is 2. The third kappa shape index (κ3) is 2.40. The molecule has 0 radical (unpaired) electrons. The quantitative estimate of drug-likeness (QED) is 0.620. The lowest BCUT2D eigenvalue weighted by atomic mass is 9.99. The van der Waals surface area contributed by atoms with Crippen LogP contribution in [0, 0.1) is 0 Å². The molecule has 2 aromatic carbocycles. The fourth-order valence-corrected chi connectivity index (χ4v) is 2.13. The fraction of sp³-hybridized carbons (Fsp3) is 0.125. The van der Waals surface area contributed by atoms with Crippen LogP contribution in [0.5, 0.6) is 5.75 Å². The van der Waals surface area contributed by atoms with Crippen LogP contribution in [0.15, 0.2) is 54.6 Å². The molecule has 3 rings (SSSR count). The normalized spacial score (nSPS) is 17.0. The number of carbonyl (C=O) groups excluding carboxylic acids is 2. The van der Waals surface area contributed by atoms with Gasteiger partial charge in [0.15, 0.2) is 0 Å². The van der Waals surface area contributed by atoms with Crippen molar-refractivity contribution in [2.75, 3.05) is 0 Å². The largest absolute Gasteiger partial charge is 0.446 e. The van der Waals surface area contributed by atoms with Crippen molar-refractivity contribution in [1.82, 2.24) is 0 Å². The van der Waals surface area contributed by atoms with Crippen LogP contribution < -0.4 is 4.74 Å². The van der Waals surface area contributed by atoms with Gasteiger partial charge in [0.2, 0.25) is 6.10 Å². The van der Waals surface area contributed by atoms with Crippen molar-refractivity contribution in [3.05, 3.63) is 65.7 Å². The second-order valence-corrected chi connectivity index (χ2v) is 4.49. The van der Waals surface area contributed by atoms with E-state index in [0.717, 1.165) is 5.56 Å². The second-order valence-electron chi connectivity index (χ2n) is 4.49. The lowest BCUT2D eigenvalue weighted by Gasteiger charge is -2.22. The number of cyclic esters (lactones) is 1. The summed E-state index contributed by atoms with van der Waals surface area (Å²) in [6, 6.07) is 15.8. The van der Waals surface area contributed by atoms with Crippen LogP contribution in [0.2, 0.25) is 0 Å². The van der Waals surface area contributed by atoms with Crippen molar-refractivity contribution in [3.8, 4) is 5.75 Å². The topological polar surface area (TPSA) is 52.6 Å². The minimum Gasteiger partial charge on any atom is -0.446 e. The standard InChI is InChI=1S/C16H12O4/c17-15-13-9-5-4-6-11(13)10-14(20-15)16(18)19-12-7-2-1-3-8-12/h1-9,14H,10H2/t14-/m1/s1. The first-order valence-electron chi connectivity index (χ1n) is 6.29. The van der Waals surface area contributed by atoms with Gasteiger partial charge in [-0.15, -0.1) is 0 Å². The monoisotopic (exact) mass is 268 g/mol. The van der Waals surface area contributed by atoms with Crippen LogP contribution in [-0.2, 0) is 16.0 Å². The van der Waals surface area contributed by atoms with Gasteiger partial charge in [0, 0.05) is 6.42 Å². The van der Waals surface area contributed by atoms with Crippen molar-refractivity contribution < 1.29 is 19.1 Å². The van der Waals surface area contributed by atoms with Crippen LogP contribution in [-0.4, -0.2) is 18.0 Å². The Morgan fingerprint density at radius 3 is 2.55 bits per heavy atom. The number of fused-ring (bicyclic) bond motifs is 1.